The molecule has 0 atom stereocenters. The molecule has 2 aromatic carbocycles. The van der Waals surface area contributed by atoms with E-state index < -0.39 is 0 Å². The first-order chi connectivity index (χ1) is 18.1. The van der Waals surface area contributed by atoms with Crippen LogP contribution in [0.4, 0.5) is 0 Å². The van der Waals surface area contributed by atoms with Gasteiger partial charge in [-0.05, 0) is 47.4 Å². The van der Waals surface area contributed by atoms with E-state index in [-0.39, 0.29) is 5.69 Å². The van der Waals surface area contributed by atoms with Crippen molar-refractivity contribution in [3.05, 3.63) is 99.3 Å². The van der Waals surface area contributed by atoms with Gasteiger partial charge in [0, 0.05) is 29.2 Å². The molecule has 3 heterocycles. The van der Waals surface area contributed by atoms with E-state index in [1.54, 1.807) is 10.8 Å². The summed E-state index contributed by atoms with van der Waals surface area (Å²) in [6, 6.07) is 17.7. The number of aromatic nitrogens is 7. The molecule has 0 fully saturated rings. The van der Waals surface area contributed by atoms with Crippen LogP contribution in [0.15, 0.2) is 71.8 Å². The first-order valence-electron chi connectivity index (χ1n) is 12.5. The zero-order chi connectivity index (χ0) is 25.8. The largest absolute Gasteiger partial charge is 0.333 e. The number of para-hydroxylation sites is 1. The highest BCUT2D eigenvalue weighted by molar-refractivity contribution is 6.32. The van der Waals surface area contributed by atoms with E-state index in [2.05, 4.69) is 39.5 Å². The maximum absolute atomic E-state index is 13.7. The highest BCUT2D eigenvalue weighted by Crippen LogP contribution is 2.28. The van der Waals surface area contributed by atoms with Crippen molar-refractivity contribution in [3.63, 3.8) is 0 Å². The number of hydrogen-bond donors (Lipinski definition) is 1. The van der Waals surface area contributed by atoms with Crippen molar-refractivity contribution >= 4 is 11.6 Å². The van der Waals surface area contributed by atoms with Crippen LogP contribution in [-0.2, 0) is 19.4 Å². The molecule has 0 unspecified atom stereocenters. The van der Waals surface area contributed by atoms with E-state index in [4.69, 9.17) is 11.6 Å². The molecule has 37 heavy (non-hydrogen) atoms. The number of H-pyrrole nitrogens is 1. The van der Waals surface area contributed by atoms with Gasteiger partial charge in [0.2, 0.25) is 5.82 Å². The number of hydrogen-bond acceptors (Lipinski definition) is 5. The van der Waals surface area contributed by atoms with Gasteiger partial charge < -0.3 is 0 Å². The number of nitrogens with one attached hydrogen (secondary N) is 1. The third-order valence-electron chi connectivity index (χ3n) is 6.36. The molecule has 1 N–H and O–H groups in total. The lowest BCUT2D eigenvalue weighted by Gasteiger charge is -2.11. The van der Waals surface area contributed by atoms with Crippen LogP contribution in [0.5, 0.6) is 0 Å². The fourth-order valence-corrected chi connectivity index (χ4v) is 4.94. The SMILES string of the molecule is CCCc1cccc(Cl)c1-n1cc(CCC)n(Cc2ccc(-c3ncccc3-c3nn[nH]n3)cc2)c1=O. The topological polar surface area (TPSA) is 94.3 Å². The summed E-state index contributed by atoms with van der Waals surface area (Å²) < 4.78 is 3.57. The fraction of sp³-hybridized carbons (Fsp3) is 0.250. The molecule has 0 aliphatic heterocycles. The molecule has 0 saturated heterocycles. The minimum atomic E-state index is -0.0814. The third-order valence-corrected chi connectivity index (χ3v) is 6.67. The van der Waals surface area contributed by atoms with Crippen molar-refractivity contribution in [2.24, 2.45) is 0 Å². The number of pyridine rings is 1. The quantitative estimate of drug-likeness (QED) is 0.281. The summed E-state index contributed by atoms with van der Waals surface area (Å²) in [4.78, 5) is 18.2. The molecule has 8 nitrogen and oxygen atoms in total. The summed E-state index contributed by atoms with van der Waals surface area (Å²) >= 11 is 6.61. The molecule has 188 valence electrons. The molecule has 0 bridgehead atoms. The smallest absolute Gasteiger partial charge is 0.292 e. The van der Waals surface area contributed by atoms with Crippen molar-refractivity contribution in [3.8, 4) is 28.3 Å². The van der Waals surface area contributed by atoms with Crippen molar-refractivity contribution in [2.45, 2.75) is 46.1 Å². The lowest BCUT2D eigenvalue weighted by Crippen LogP contribution is -2.25. The van der Waals surface area contributed by atoms with E-state index in [9.17, 15) is 4.79 Å². The van der Waals surface area contributed by atoms with Crippen molar-refractivity contribution in [1.29, 1.82) is 0 Å². The van der Waals surface area contributed by atoms with E-state index in [1.165, 1.54) is 0 Å². The maximum Gasteiger partial charge on any atom is 0.333 e. The molecule has 0 amide bonds. The van der Waals surface area contributed by atoms with Gasteiger partial charge in [0.1, 0.15) is 0 Å². The summed E-state index contributed by atoms with van der Waals surface area (Å²) in [5.74, 6) is 0.492. The van der Waals surface area contributed by atoms with Crippen LogP contribution in [0.2, 0.25) is 5.02 Å². The van der Waals surface area contributed by atoms with Crippen LogP contribution < -0.4 is 5.69 Å². The predicted molar refractivity (Wildman–Crippen MR) is 145 cm³/mol. The Morgan fingerprint density at radius 2 is 1.78 bits per heavy atom. The molecular formula is C28H28ClN7O. The minimum Gasteiger partial charge on any atom is -0.292 e. The van der Waals surface area contributed by atoms with E-state index in [0.29, 0.717) is 17.4 Å². The Hall–Kier alpha value is -4.04. The normalized spacial score (nSPS) is 11.2. The van der Waals surface area contributed by atoms with Crippen LogP contribution in [0, 0.1) is 0 Å². The van der Waals surface area contributed by atoms with Crippen molar-refractivity contribution in [2.75, 3.05) is 0 Å². The van der Waals surface area contributed by atoms with Gasteiger partial charge in [-0.3, -0.25) is 14.1 Å². The Morgan fingerprint density at radius 1 is 0.973 bits per heavy atom. The molecule has 0 spiro atoms. The number of imidazole rings is 1. The molecule has 5 rings (SSSR count). The van der Waals surface area contributed by atoms with Gasteiger partial charge >= 0.3 is 5.69 Å². The second-order valence-electron chi connectivity index (χ2n) is 8.94. The average molecular weight is 514 g/mol. The van der Waals surface area contributed by atoms with Gasteiger partial charge in [-0.2, -0.15) is 5.21 Å². The summed E-state index contributed by atoms with van der Waals surface area (Å²) in [6.45, 7) is 4.71. The van der Waals surface area contributed by atoms with Crippen molar-refractivity contribution in [1.82, 2.24) is 34.7 Å². The predicted octanol–water partition coefficient (Wildman–Crippen LogP) is 5.49. The molecule has 3 aromatic heterocycles. The summed E-state index contributed by atoms with van der Waals surface area (Å²) in [5, 5.41) is 14.9. The number of benzene rings is 2. The maximum atomic E-state index is 13.7. The Labute approximate surface area is 220 Å². The monoisotopic (exact) mass is 513 g/mol. The molecule has 0 aliphatic rings. The second-order valence-corrected chi connectivity index (χ2v) is 9.35. The summed E-state index contributed by atoms with van der Waals surface area (Å²) in [7, 11) is 0. The van der Waals surface area contributed by atoms with Crippen LogP contribution in [-0.4, -0.2) is 34.7 Å². The molecule has 5 aromatic rings. The second kappa shape index (κ2) is 10.9. The van der Waals surface area contributed by atoms with Crippen LogP contribution in [0.1, 0.15) is 43.5 Å². The zero-order valence-electron chi connectivity index (χ0n) is 20.9. The number of aryl methyl sites for hydroxylation is 2. The number of aromatic amines is 1. The Balaban J connectivity index is 1.49. The molecule has 0 saturated carbocycles. The first-order valence-corrected chi connectivity index (χ1v) is 12.9. The fourth-order valence-electron chi connectivity index (χ4n) is 4.65. The Morgan fingerprint density at radius 3 is 2.51 bits per heavy atom. The number of halogens is 1. The third kappa shape index (κ3) is 4.97. The first kappa shape index (κ1) is 24.6. The van der Waals surface area contributed by atoms with Crippen LogP contribution in [0.3, 0.4) is 0 Å². The summed E-state index contributed by atoms with van der Waals surface area (Å²) in [6.07, 6.45) is 7.26. The minimum absolute atomic E-state index is 0.0814. The van der Waals surface area contributed by atoms with Gasteiger partial charge in [0.25, 0.3) is 0 Å². The lowest BCUT2D eigenvalue weighted by molar-refractivity contribution is 0.691. The number of nitrogens with zero attached hydrogens (tertiary/aromatic N) is 6. The lowest BCUT2D eigenvalue weighted by atomic mass is 10.0. The molecule has 0 radical (unpaired) electrons. The molecular weight excluding hydrogens is 486 g/mol. The van der Waals surface area contributed by atoms with E-state index in [0.717, 1.165) is 65.0 Å². The van der Waals surface area contributed by atoms with E-state index >= 15 is 0 Å². The highest BCUT2D eigenvalue weighted by atomic mass is 35.5. The Kier molecular flexibility index (Phi) is 7.28. The van der Waals surface area contributed by atoms with Crippen molar-refractivity contribution < 1.29 is 0 Å². The van der Waals surface area contributed by atoms with Gasteiger partial charge in [-0.15, -0.1) is 10.2 Å². The van der Waals surface area contributed by atoms with Gasteiger partial charge in [-0.1, -0.05) is 74.7 Å². The molecule has 0 aliphatic carbocycles. The van der Waals surface area contributed by atoms with Crippen LogP contribution >= 0.6 is 11.6 Å². The number of tetrazole rings is 1. The van der Waals surface area contributed by atoms with Gasteiger partial charge in [-0.25, -0.2) is 4.79 Å². The highest BCUT2D eigenvalue weighted by Gasteiger charge is 2.18. The van der Waals surface area contributed by atoms with Gasteiger partial charge in [0.05, 0.1) is 22.9 Å². The van der Waals surface area contributed by atoms with E-state index in [1.807, 2.05) is 65.4 Å². The average Bonchev–Trinajstić information content (AvgIpc) is 3.55. The zero-order valence-corrected chi connectivity index (χ0v) is 21.6. The number of rotatable bonds is 9. The van der Waals surface area contributed by atoms with Crippen LogP contribution in [0.25, 0.3) is 28.3 Å². The Bertz CT molecular complexity index is 1550. The standard InChI is InChI=1S/C28H28ClN7O/c1-3-7-21-9-5-11-24(29)26(21)36-18-22(8-4-2)35(28(36)37)17-19-12-14-20(15-13-19)25-23(10-6-16-30-25)27-31-33-34-32-27/h5-6,9-16,18H,3-4,7-8,17H2,1-2H3,(H,31,32,33,34). The van der Waals surface area contributed by atoms with Gasteiger partial charge in [0.15, 0.2) is 0 Å². The summed E-state index contributed by atoms with van der Waals surface area (Å²) in [5.41, 5.74) is 6.29. The molecule has 9 heteroatoms.